The molecule has 5 nitrogen and oxygen atoms in total. The summed E-state index contributed by atoms with van der Waals surface area (Å²) in [5, 5.41) is 17.5. The first-order chi connectivity index (χ1) is 6.82. The molecule has 0 aromatic heterocycles. The van der Waals surface area contributed by atoms with Gasteiger partial charge in [-0.3, -0.25) is 14.5 Å². The predicted octanol–water partition coefficient (Wildman–Crippen LogP) is 0.646. The minimum Gasteiger partial charge on any atom is -0.481 e. The number of hydrogen-bond donors (Lipinski definition) is 2. The zero-order valence-corrected chi connectivity index (χ0v) is 9.06. The second-order valence-corrected chi connectivity index (χ2v) is 4.86. The van der Waals surface area contributed by atoms with E-state index in [1.54, 1.807) is 0 Å². The van der Waals surface area contributed by atoms with E-state index in [2.05, 4.69) is 13.8 Å². The van der Waals surface area contributed by atoms with Crippen LogP contribution in [0.25, 0.3) is 0 Å². The van der Waals surface area contributed by atoms with Gasteiger partial charge in [-0.2, -0.15) is 0 Å². The number of hydrogen-bond acceptors (Lipinski definition) is 3. The molecule has 0 saturated carbocycles. The number of carboxylic acids is 2. The molecule has 1 aliphatic heterocycles. The fraction of sp³-hybridized carbons (Fsp3) is 0.800. The molecule has 5 heteroatoms. The van der Waals surface area contributed by atoms with Crippen LogP contribution in [0.2, 0.25) is 0 Å². The number of aliphatic carboxylic acids is 2. The van der Waals surface area contributed by atoms with Gasteiger partial charge < -0.3 is 10.2 Å². The molecule has 1 saturated heterocycles. The van der Waals surface area contributed by atoms with Gasteiger partial charge in [0.25, 0.3) is 0 Å². The molecule has 15 heavy (non-hydrogen) atoms. The van der Waals surface area contributed by atoms with E-state index in [-0.39, 0.29) is 18.3 Å². The van der Waals surface area contributed by atoms with Gasteiger partial charge in [0.2, 0.25) is 0 Å². The average molecular weight is 215 g/mol. The second kappa shape index (κ2) is 4.18. The molecule has 1 aliphatic rings. The van der Waals surface area contributed by atoms with Crippen LogP contribution in [0.1, 0.15) is 26.7 Å². The van der Waals surface area contributed by atoms with E-state index in [0.29, 0.717) is 0 Å². The van der Waals surface area contributed by atoms with Gasteiger partial charge in [-0.05, 0) is 11.8 Å². The fourth-order valence-electron chi connectivity index (χ4n) is 2.00. The molecule has 1 unspecified atom stereocenters. The SMILES string of the molecule is CC1(C)CN(C(CCC(=O)O)C(=O)O)C1. The van der Waals surface area contributed by atoms with E-state index in [1.807, 2.05) is 4.90 Å². The Morgan fingerprint density at radius 2 is 1.87 bits per heavy atom. The Morgan fingerprint density at radius 1 is 1.33 bits per heavy atom. The highest BCUT2D eigenvalue weighted by Crippen LogP contribution is 2.31. The van der Waals surface area contributed by atoms with Crippen LogP contribution in [-0.2, 0) is 9.59 Å². The molecule has 0 amide bonds. The summed E-state index contributed by atoms with van der Waals surface area (Å²) in [6.07, 6.45) is 0.0919. The minimum atomic E-state index is -0.943. The molecular formula is C10H17NO4. The Bertz CT molecular complexity index is 267. The average Bonchev–Trinajstić information content (AvgIpc) is 1.99. The standard InChI is InChI=1S/C10H17NO4/c1-10(2)5-11(6-10)7(9(14)15)3-4-8(12)13/h7H,3-6H2,1-2H3,(H,12,13)(H,14,15). The van der Waals surface area contributed by atoms with E-state index in [4.69, 9.17) is 10.2 Å². The molecule has 0 radical (unpaired) electrons. The monoisotopic (exact) mass is 215 g/mol. The van der Waals surface area contributed by atoms with Crippen molar-refractivity contribution >= 4 is 11.9 Å². The Hall–Kier alpha value is -1.10. The lowest BCUT2D eigenvalue weighted by Gasteiger charge is -2.48. The number of nitrogens with zero attached hydrogens (tertiary/aromatic N) is 1. The summed E-state index contributed by atoms with van der Waals surface area (Å²) in [5.41, 5.74) is 0.164. The summed E-state index contributed by atoms with van der Waals surface area (Å²) in [5.74, 6) is -1.87. The van der Waals surface area contributed by atoms with Gasteiger partial charge in [0, 0.05) is 19.5 Å². The third kappa shape index (κ3) is 3.20. The van der Waals surface area contributed by atoms with Gasteiger partial charge in [0.1, 0.15) is 6.04 Å². The van der Waals surface area contributed by atoms with E-state index < -0.39 is 18.0 Å². The first-order valence-electron chi connectivity index (χ1n) is 5.00. The zero-order valence-electron chi connectivity index (χ0n) is 9.06. The molecule has 1 atom stereocenters. The Labute approximate surface area is 88.7 Å². The van der Waals surface area contributed by atoms with Crippen LogP contribution >= 0.6 is 0 Å². The van der Waals surface area contributed by atoms with E-state index in [1.165, 1.54) is 0 Å². The molecule has 1 fully saturated rings. The van der Waals surface area contributed by atoms with Crippen molar-refractivity contribution in [3.63, 3.8) is 0 Å². The van der Waals surface area contributed by atoms with Crippen LogP contribution in [-0.4, -0.2) is 46.2 Å². The van der Waals surface area contributed by atoms with Crippen molar-refractivity contribution in [2.75, 3.05) is 13.1 Å². The maximum absolute atomic E-state index is 10.9. The maximum atomic E-state index is 10.9. The normalized spacial score (nSPS) is 21.7. The van der Waals surface area contributed by atoms with Crippen LogP contribution in [0.5, 0.6) is 0 Å². The Kier molecular flexibility index (Phi) is 3.34. The lowest BCUT2D eigenvalue weighted by Crippen LogP contribution is -2.59. The summed E-state index contributed by atoms with van der Waals surface area (Å²) >= 11 is 0. The van der Waals surface area contributed by atoms with Crippen molar-refractivity contribution in [2.45, 2.75) is 32.7 Å². The largest absolute Gasteiger partial charge is 0.481 e. The minimum absolute atomic E-state index is 0.0894. The van der Waals surface area contributed by atoms with Crippen LogP contribution in [0.4, 0.5) is 0 Å². The molecule has 0 spiro atoms. The lowest BCUT2D eigenvalue weighted by molar-refractivity contribution is -0.149. The third-order valence-corrected chi connectivity index (χ3v) is 2.62. The van der Waals surface area contributed by atoms with Crippen LogP contribution in [0.15, 0.2) is 0 Å². The Morgan fingerprint density at radius 3 is 2.20 bits per heavy atom. The highest BCUT2D eigenvalue weighted by Gasteiger charge is 2.40. The first kappa shape index (κ1) is 12.0. The summed E-state index contributed by atoms with van der Waals surface area (Å²) in [7, 11) is 0. The smallest absolute Gasteiger partial charge is 0.320 e. The van der Waals surface area contributed by atoms with Gasteiger partial charge >= 0.3 is 11.9 Å². The highest BCUT2D eigenvalue weighted by molar-refractivity contribution is 5.75. The summed E-state index contributed by atoms with van der Waals surface area (Å²) in [4.78, 5) is 23.1. The third-order valence-electron chi connectivity index (χ3n) is 2.62. The van der Waals surface area contributed by atoms with Crippen LogP contribution < -0.4 is 0 Å². The van der Waals surface area contributed by atoms with Crippen molar-refractivity contribution in [1.29, 1.82) is 0 Å². The summed E-state index contributed by atoms with van der Waals surface area (Å²) < 4.78 is 0. The molecule has 0 bridgehead atoms. The topological polar surface area (TPSA) is 77.8 Å². The molecular weight excluding hydrogens is 198 g/mol. The van der Waals surface area contributed by atoms with Gasteiger partial charge in [0.15, 0.2) is 0 Å². The van der Waals surface area contributed by atoms with Crippen molar-refractivity contribution in [2.24, 2.45) is 5.41 Å². The molecule has 2 N–H and O–H groups in total. The van der Waals surface area contributed by atoms with Crippen molar-refractivity contribution in [1.82, 2.24) is 4.90 Å². The molecule has 1 heterocycles. The zero-order chi connectivity index (χ0) is 11.6. The van der Waals surface area contributed by atoms with Gasteiger partial charge in [-0.15, -0.1) is 0 Å². The van der Waals surface area contributed by atoms with Crippen LogP contribution in [0.3, 0.4) is 0 Å². The summed E-state index contributed by atoms with van der Waals surface area (Å²) in [6.45, 7) is 5.59. The highest BCUT2D eigenvalue weighted by atomic mass is 16.4. The van der Waals surface area contributed by atoms with Gasteiger partial charge in [-0.1, -0.05) is 13.8 Å². The maximum Gasteiger partial charge on any atom is 0.320 e. The summed E-state index contributed by atoms with van der Waals surface area (Å²) in [6, 6.07) is -0.644. The van der Waals surface area contributed by atoms with Crippen molar-refractivity contribution in [3.8, 4) is 0 Å². The van der Waals surface area contributed by atoms with E-state index in [9.17, 15) is 9.59 Å². The number of rotatable bonds is 5. The molecule has 86 valence electrons. The van der Waals surface area contributed by atoms with Gasteiger partial charge in [-0.25, -0.2) is 0 Å². The second-order valence-electron chi connectivity index (χ2n) is 4.86. The molecule has 0 aliphatic carbocycles. The number of carboxylic acid groups (broad SMARTS) is 2. The first-order valence-corrected chi connectivity index (χ1v) is 5.00. The van der Waals surface area contributed by atoms with Crippen molar-refractivity contribution in [3.05, 3.63) is 0 Å². The molecule has 1 rings (SSSR count). The van der Waals surface area contributed by atoms with Gasteiger partial charge in [0.05, 0.1) is 0 Å². The molecule has 0 aromatic rings. The number of carbonyl (C=O) groups is 2. The molecule has 0 aromatic carbocycles. The van der Waals surface area contributed by atoms with Crippen molar-refractivity contribution < 1.29 is 19.8 Å². The predicted molar refractivity (Wildman–Crippen MR) is 53.6 cm³/mol. The van der Waals surface area contributed by atoms with Crippen LogP contribution in [0, 0.1) is 5.41 Å². The van der Waals surface area contributed by atoms with E-state index in [0.717, 1.165) is 13.1 Å². The quantitative estimate of drug-likeness (QED) is 0.704. The lowest BCUT2D eigenvalue weighted by atomic mass is 9.82. The Balaban J connectivity index is 2.46. The van der Waals surface area contributed by atoms with E-state index >= 15 is 0 Å². The number of likely N-dealkylation sites (tertiary alicyclic amines) is 1. The fourth-order valence-corrected chi connectivity index (χ4v) is 2.00.